The second-order valence-corrected chi connectivity index (χ2v) is 6.67. The molecule has 8 heteroatoms. The first-order chi connectivity index (χ1) is 14.5. The van der Waals surface area contributed by atoms with Gasteiger partial charge in [-0.25, -0.2) is 5.43 Å². The highest BCUT2D eigenvalue weighted by Gasteiger charge is 2.12. The molecule has 30 heavy (non-hydrogen) atoms. The Morgan fingerprint density at radius 1 is 1.03 bits per heavy atom. The van der Waals surface area contributed by atoms with Crippen LogP contribution in [0.4, 0.5) is 5.69 Å². The van der Waals surface area contributed by atoms with Gasteiger partial charge >= 0.3 is 0 Å². The maximum Gasteiger partial charge on any atom is 0.289 e. The third-order valence-corrected chi connectivity index (χ3v) is 4.69. The summed E-state index contributed by atoms with van der Waals surface area (Å²) in [6.07, 6.45) is 0. The van der Waals surface area contributed by atoms with Crippen molar-refractivity contribution in [3.8, 4) is 11.3 Å². The van der Waals surface area contributed by atoms with Gasteiger partial charge in [0.25, 0.3) is 11.6 Å². The number of benzene rings is 3. The van der Waals surface area contributed by atoms with Crippen molar-refractivity contribution >= 4 is 28.1 Å². The van der Waals surface area contributed by atoms with Crippen LogP contribution in [0.3, 0.4) is 0 Å². The number of nitro groups is 1. The summed E-state index contributed by atoms with van der Waals surface area (Å²) < 4.78 is 0. The molecule has 0 radical (unpaired) electrons. The number of nitro benzene ring substituents is 1. The van der Waals surface area contributed by atoms with Gasteiger partial charge in [0, 0.05) is 17.7 Å². The highest BCUT2D eigenvalue weighted by Crippen LogP contribution is 2.23. The lowest BCUT2D eigenvalue weighted by Gasteiger charge is -2.02. The number of H-pyrrole nitrogens is 1. The summed E-state index contributed by atoms with van der Waals surface area (Å²) in [5, 5.41) is 24.0. The van der Waals surface area contributed by atoms with E-state index < -0.39 is 10.8 Å². The van der Waals surface area contributed by atoms with Gasteiger partial charge in [-0.2, -0.15) is 10.2 Å². The van der Waals surface area contributed by atoms with Crippen molar-refractivity contribution in [1.82, 2.24) is 15.6 Å². The maximum absolute atomic E-state index is 12.4. The number of non-ortho nitro benzene ring substituents is 1. The number of nitrogens with one attached hydrogen (secondary N) is 2. The molecular formula is C22H17N5O3. The van der Waals surface area contributed by atoms with Crippen LogP contribution in [0.5, 0.6) is 0 Å². The van der Waals surface area contributed by atoms with E-state index in [0.29, 0.717) is 17.0 Å². The van der Waals surface area contributed by atoms with Crippen LogP contribution in [0.1, 0.15) is 23.0 Å². The van der Waals surface area contributed by atoms with E-state index in [1.54, 1.807) is 25.1 Å². The van der Waals surface area contributed by atoms with Crippen LogP contribution in [-0.2, 0) is 0 Å². The molecule has 0 saturated heterocycles. The molecule has 148 valence electrons. The summed E-state index contributed by atoms with van der Waals surface area (Å²) in [4.78, 5) is 22.7. The summed E-state index contributed by atoms with van der Waals surface area (Å²) in [7, 11) is 0. The second kappa shape index (κ2) is 7.96. The lowest BCUT2D eigenvalue weighted by atomic mass is 10.1. The molecule has 1 amide bonds. The minimum Gasteiger partial charge on any atom is -0.272 e. The van der Waals surface area contributed by atoms with Crippen LogP contribution in [0.2, 0.25) is 0 Å². The van der Waals surface area contributed by atoms with E-state index in [9.17, 15) is 14.9 Å². The number of aromatic amines is 1. The van der Waals surface area contributed by atoms with Crippen molar-refractivity contribution in [2.24, 2.45) is 5.10 Å². The number of fused-ring (bicyclic) bond motifs is 1. The number of aromatic nitrogens is 2. The Morgan fingerprint density at radius 3 is 2.50 bits per heavy atom. The van der Waals surface area contributed by atoms with Crippen molar-refractivity contribution in [1.29, 1.82) is 0 Å². The Bertz CT molecular complexity index is 1280. The highest BCUT2D eigenvalue weighted by atomic mass is 16.6. The van der Waals surface area contributed by atoms with Crippen molar-refractivity contribution < 1.29 is 9.72 Å². The fourth-order valence-electron chi connectivity index (χ4n) is 3.02. The number of rotatable bonds is 5. The molecule has 0 aliphatic heterocycles. The molecule has 4 aromatic rings. The number of amides is 1. The number of carbonyl (C=O) groups excluding carboxylic acids is 1. The molecule has 0 atom stereocenters. The van der Waals surface area contributed by atoms with E-state index in [2.05, 4.69) is 20.7 Å². The largest absolute Gasteiger partial charge is 0.289 e. The standard InChI is InChI=1S/C22H17N5O3/c1-14(15-8-10-19(11-9-15)27(29)30)23-26-22(28)21-13-20(24-25-21)18-7-6-16-4-2-3-5-17(16)12-18/h2-13H,1H3,(H,24,25)(H,26,28)/b23-14-. The van der Waals surface area contributed by atoms with Gasteiger partial charge in [-0.15, -0.1) is 0 Å². The monoisotopic (exact) mass is 399 g/mol. The minimum absolute atomic E-state index is 0.00531. The first kappa shape index (κ1) is 19.0. The fourth-order valence-corrected chi connectivity index (χ4v) is 3.02. The summed E-state index contributed by atoms with van der Waals surface area (Å²) >= 11 is 0. The summed E-state index contributed by atoms with van der Waals surface area (Å²) in [6.45, 7) is 1.70. The van der Waals surface area contributed by atoms with Crippen molar-refractivity contribution in [2.75, 3.05) is 0 Å². The van der Waals surface area contributed by atoms with E-state index in [1.807, 2.05) is 42.5 Å². The smallest absolute Gasteiger partial charge is 0.272 e. The summed E-state index contributed by atoms with van der Waals surface area (Å²) in [5.41, 5.74) is 5.49. The van der Waals surface area contributed by atoms with E-state index in [1.165, 1.54) is 12.1 Å². The maximum atomic E-state index is 12.4. The third kappa shape index (κ3) is 3.93. The number of hydrogen-bond donors (Lipinski definition) is 2. The molecular weight excluding hydrogens is 382 g/mol. The van der Waals surface area contributed by atoms with Gasteiger partial charge in [0.15, 0.2) is 0 Å². The van der Waals surface area contributed by atoms with Crippen molar-refractivity contribution in [2.45, 2.75) is 6.92 Å². The first-order valence-electron chi connectivity index (χ1n) is 9.15. The van der Waals surface area contributed by atoms with Crippen LogP contribution < -0.4 is 5.43 Å². The molecule has 4 rings (SSSR count). The van der Waals surface area contributed by atoms with Crippen molar-refractivity contribution in [3.05, 3.63) is 94.2 Å². The predicted octanol–water partition coefficient (Wildman–Crippen LogP) is 4.29. The van der Waals surface area contributed by atoms with Gasteiger partial charge in [0.05, 0.1) is 16.3 Å². The zero-order valence-electron chi connectivity index (χ0n) is 16.0. The molecule has 8 nitrogen and oxygen atoms in total. The van der Waals surface area contributed by atoms with E-state index >= 15 is 0 Å². The lowest BCUT2D eigenvalue weighted by Crippen LogP contribution is -2.19. The molecule has 0 saturated carbocycles. The number of hydrazone groups is 1. The quantitative estimate of drug-likeness (QED) is 0.296. The molecule has 0 bridgehead atoms. The van der Waals surface area contributed by atoms with Gasteiger partial charge in [0.1, 0.15) is 5.69 Å². The van der Waals surface area contributed by atoms with E-state index in [0.717, 1.165) is 16.3 Å². The zero-order valence-corrected chi connectivity index (χ0v) is 16.0. The summed E-state index contributed by atoms with van der Waals surface area (Å²) in [6, 6.07) is 21.6. The van der Waals surface area contributed by atoms with Gasteiger partial charge in [-0.3, -0.25) is 20.0 Å². The van der Waals surface area contributed by atoms with Crippen LogP contribution in [0, 0.1) is 10.1 Å². The Morgan fingerprint density at radius 2 is 1.77 bits per heavy atom. The number of hydrogen-bond acceptors (Lipinski definition) is 5. The predicted molar refractivity (Wildman–Crippen MR) is 114 cm³/mol. The molecule has 0 aliphatic rings. The van der Waals surface area contributed by atoms with Gasteiger partial charge in [-0.05, 0) is 47.5 Å². The second-order valence-electron chi connectivity index (χ2n) is 6.67. The molecule has 0 spiro atoms. The Balaban J connectivity index is 1.48. The Labute approximate surface area is 171 Å². The molecule has 1 aromatic heterocycles. The molecule has 2 N–H and O–H groups in total. The fraction of sp³-hybridized carbons (Fsp3) is 0.0455. The average Bonchev–Trinajstić information content (AvgIpc) is 3.27. The van der Waals surface area contributed by atoms with Crippen LogP contribution in [0.25, 0.3) is 22.0 Å². The van der Waals surface area contributed by atoms with Crippen molar-refractivity contribution in [3.63, 3.8) is 0 Å². The molecule has 1 heterocycles. The molecule has 3 aromatic carbocycles. The van der Waals surface area contributed by atoms with Crippen LogP contribution >= 0.6 is 0 Å². The highest BCUT2D eigenvalue weighted by molar-refractivity contribution is 6.00. The number of nitrogens with zero attached hydrogens (tertiary/aromatic N) is 3. The SMILES string of the molecule is C/C(=N/NC(=O)c1cc(-c2ccc3ccccc3c2)n[nH]1)c1ccc([N+](=O)[O-])cc1. The lowest BCUT2D eigenvalue weighted by molar-refractivity contribution is -0.384. The summed E-state index contributed by atoms with van der Waals surface area (Å²) in [5.74, 6) is -0.434. The van der Waals surface area contributed by atoms with E-state index in [-0.39, 0.29) is 11.4 Å². The van der Waals surface area contributed by atoms with Gasteiger partial charge in [0.2, 0.25) is 0 Å². The van der Waals surface area contributed by atoms with Gasteiger partial charge < -0.3 is 0 Å². The number of carbonyl (C=O) groups is 1. The first-order valence-corrected chi connectivity index (χ1v) is 9.15. The Hall–Kier alpha value is -4.33. The van der Waals surface area contributed by atoms with Gasteiger partial charge in [-0.1, -0.05) is 36.4 Å². The normalized spacial score (nSPS) is 11.4. The third-order valence-electron chi connectivity index (χ3n) is 4.69. The average molecular weight is 399 g/mol. The van der Waals surface area contributed by atoms with Crippen LogP contribution in [0.15, 0.2) is 77.9 Å². The minimum atomic E-state index is -0.469. The zero-order chi connectivity index (χ0) is 21.1. The topological polar surface area (TPSA) is 113 Å². The Kier molecular flexibility index (Phi) is 5.04. The molecule has 0 fully saturated rings. The van der Waals surface area contributed by atoms with E-state index in [4.69, 9.17) is 0 Å². The molecule has 0 unspecified atom stereocenters. The molecule has 0 aliphatic carbocycles. The van der Waals surface area contributed by atoms with Crippen LogP contribution in [-0.4, -0.2) is 26.7 Å².